The first-order chi connectivity index (χ1) is 11.8. The van der Waals surface area contributed by atoms with Crippen LogP contribution in [0.1, 0.15) is 19.3 Å². The summed E-state index contributed by atoms with van der Waals surface area (Å²) < 4.78 is 4.66. The molecule has 134 valence electrons. The maximum absolute atomic E-state index is 10.0. The van der Waals surface area contributed by atoms with E-state index in [4.69, 9.17) is 5.26 Å². The molecule has 0 aromatic carbocycles. The summed E-state index contributed by atoms with van der Waals surface area (Å²) in [5.74, 6) is 5.04. The Kier molecular flexibility index (Phi) is 19.4. The fourth-order valence-electron chi connectivity index (χ4n) is 1.58. The van der Waals surface area contributed by atoms with Crippen molar-refractivity contribution in [1.29, 1.82) is 5.26 Å². The van der Waals surface area contributed by atoms with Crippen LogP contribution in [0, 0.1) is 11.5 Å². The van der Waals surface area contributed by atoms with Crippen molar-refractivity contribution in [3.8, 4) is 6.26 Å². The standard InChI is InChI=1S/C15H23N3O3S3/c16-12-21-6-3-8-23-11-15(24-9-2-5-18-14-20)10-22-7-1-4-17-13-19/h15H,1-11H2. The molecule has 0 saturated carbocycles. The van der Waals surface area contributed by atoms with Gasteiger partial charge in [-0.05, 0) is 36.5 Å². The quantitative estimate of drug-likeness (QED) is 0.163. The maximum atomic E-state index is 10.0. The van der Waals surface area contributed by atoms with Crippen molar-refractivity contribution >= 4 is 47.4 Å². The Labute approximate surface area is 156 Å². The molecule has 0 saturated heterocycles. The monoisotopic (exact) mass is 389 g/mol. The molecular formula is C15H23N3O3S3. The van der Waals surface area contributed by atoms with E-state index in [0.717, 1.165) is 48.0 Å². The van der Waals surface area contributed by atoms with Crippen molar-refractivity contribution in [3.63, 3.8) is 0 Å². The van der Waals surface area contributed by atoms with E-state index in [0.29, 0.717) is 24.9 Å². The molecular weight excluding hydrogens is 366 g/mol. The van der Waals surface area contributed by atoms with Crippen LogP contribution in [0.15, 0.2) is 9.98 Å². The van der Waals surface area contributed by atoms with Crippen molar-refractivity contribution in [2.45, 2.75) is 24.5 Å². The number of thioether (sulfide) groups is 3. The lowest BCUT2D eigenvalue weighted by molar-refractivity contribution is 0.272. The first kappa shape index (κ1) is 23.1. The lowest BCUT2D eigenvalue weighted by Crippen LogP contribution is -2.12. The van der Waals surface area contributed by atoms with Crippen LogP contribution >= 0.6 is 35.3 Å². The molecule has 0 aromatic rings. The zero-order valence-electron chi connectivity index (χ0n) is 13.6. The number of hydrogen-bond donors (Lipinski definition) is 0. The van der Waals surface area contributed by atoms with Crippen LogP contribution in [0.25, 0.3) is 0 Å². The average molecular weight is 390 g/mol. The second-order valence-corrected chi connectivity index (χ2v) is 8.30. The number of nitrogens with zero attached hydrogens (tertiary/aromatic N) is 3. The fraction of sp³-hybridized carbons (Fsp3) is 0.800. The zero-order valence-corrected chi connectivity index (χ0v) is 16.1. The number of nitriles is 1. The van der Waals surface area contributed by atoms with Gasteiger partial charge in [-0.25, -0.2) is 19.6 Å². The molecule has 0 rings (SSSR count). The molecule has 0 fully saturated rings. The van der Waals surface area contributed by atoms with Crippen LogP contribution in [0.5, 0.6) is 0 Å². The number of rotatable bonds is 17. The largest absolute Gasteiger partial charge is 0.427 e. The Balaban J connectivity index is 3.88. The van der Waals surface area contributed by atoms with E-state index in [1.165, 1.54) is 0 Å². The average Bonchev–Trinajstić information content (AvgIpc) is 2.60. The molecule has 0 aliphatic rings. The summed E-state index contributed by atoms with van der Waals surface area (Å²) in [5, 5.41) is 8.83. The van der Waals surface area contributed by atoms with Crippen molar-refractivity contribution < 1.29 is 14.3 Å². The molecule has 0 heterocycles. The van der Waals surface area contributed by atoms with Gasteiger partial charge in [-0.2, -0.15) is 40.5 Å². The van der Waals surface area contributed by atoms with E-state index < -0.39 is 0 Å². The third kappa shape index (κ3) is 17.5. The number of aliphatic imine (C=N–C) groups is 2. The summed E-state index contributed by atoms with van der Waals surface area (Å²) in [5.41, 5.74) is 0. The Morgan fingerprint density at radius 3 is 2.08 bits per heavy atom. The predicted octanol–water partition coefficient (Wildman–Crippen LogP) is 2.89. The summed E-state index contributed by atoms with van der Waals surface area (Å²) in [7, 11) is 0. The van der Waals surface area contributed by atoms with Gasteiger partial charge in [-0.3, -0.25) is 0 Å². The van der Waals surface area contributed by atoms with Crippen molar-refractivity contribution in [2.24, 2.45) is 9.98 Å². The molecule has 0 aliphatic carbocycles. The molecule has 24 heavy (non-hydrogen) atoms. The summed E-state index contributed by atoms with van der Waals surface area (Å²) in [6.45, 7) is 1.57. The van der Waals surface area contributed by atoms with E-state index >= 15 is 0 Å². The maximum Gasteiger partial charge on any atom is 0.286 e. The van der Waals surface area contributed by atoms with E-state index in [-0.39, 0.29) is 0 Å². The Bertz CT molecular complexity index is 433. The summed E-state index contributed by atoms with van der Waals surface area (Å²) in [6.07, 6.45) is 7.44. The van der Waals surface area contributed by atoms with Crippen LogP contribution in [0.3, 0.4) is 0 Å². The molecule has 0 aliphatic heterocycles. The van der Waals surface area contributed by atoms with E-state index in [9.17, 15) is 9.59 Å². The van der Waals surface area contributed by atoms with Crippen LogP contribution < -0.4 is 0 Å². The molecule has 6 nitrogen and oxygen atoms in total. The molecule has 0 N–H and O–H groups in total. The lowest BCUT2D eigenvalue weighted by Gasteiger charge is -2.15. The topological polar surface area (TPSA) is 91.9 Å². The van der Waals surface area contributed by atoms with Crippen LogP contribution in [-0.4, -0.2) is 65.9 Å². The fourth-order valence-corrected chi connectivity index (χ4v) is 5.46. The highest BCUT2D eigenvalue weighted by Crippen LogP contribution is 2.22. The van der Waals surface area contributed by atoms with Gasteiger partial charge < -0.3 is 4.74 Å². The first-order valence-electron chi connectivity index (χ1n) is 7.70. The van der Waals surface area contributed by atoms with Crippen LogP contribution in [-0.2, 0) is 14.3 Å². The summed E-state index contributed by atoms with van der Waals surface area (Å²) >= 11 is 5.66. The van der Waals surface area contributed by atoms with Gasteiger partial charge >= 0.3 is 0 Å². The van der Waals surface area contributed by atoms with Crippen LogP contribution in [0.2, 0.25) is 0 Å². The van der Waals surface area contributed by atoms with Gasteiger partial charge in [-0.15, -0.1) is 0 Å². The first-order valence-corrected chi connectivity index (χ1v) is 11.1. The number of carbonyl (C=O) groups excluding carboxylic acids is 2. The van der Waals surface area contributed by atoms with E-state index in [2.05, 4.69) is 14.7 Å². The Hall–Kier alpha value is -0.900. The predicted molar refractivity (Wildman–Crippen MR) is 102 cm³/mol. The SMILES string of the molecule is N#COCCCSCC(CSCCCN=C=O)SCCCN=C=O. The normalized spacial score (nSPS) is 11.0. The van der Waals surface area contributed by atoms with Gasteiger partial charge in [0.15, 0.2) is 0 Å². The van der Waals surface area contributed by atoms with E-state index in [1.807, 2.05) is 35.3 Å². The smallest absolute Gasteiger partial charge is 0.286 e. The lowest BCUT2D eigenvalue weighted by atomic mass is 10.5. The molecule has 0 spiro atoms. The van der Waals surface area contributed by atoms with Gasteiger partial charge in [0, 0.05) is 16.8 Å². The molecule has 1 unspecified atom stereocenters. The third-order valence-corrected chi connectivity index (χ3v) is 6.84. The molecule has 0 amide bonds. The second-order valence-electron chi connectivity index (χ2n) is 4.59. The molecule has 1 atom stereocenters. The van der Waals surface area contributed by atoms with Gasteiger partial charge in [0.1, 0.15) is 6.61 Å². The van der Waals surface area contributed by atoms with Crippen molar-refractivity contribution in [3.05, 3.63) is 0 Å². The van der Waals surface area contributed by atoms with Crippen molar-refractivity contribution in [1.82, 2.24) is 0 Å². The Morgan fingerprint density at radius 2 is 1.50 bits per heavy atom. The van der Waals surface area contributed by atoms with Gasteiger partial charge in [0.05, 0.1) is 13.1 Å². The van der Waals surface area contributed by atoms with Gasteiger partial charge in [-0.1, -0.05) is 0 Å². The summed E-state index contributed by atoms with van der Waals surface area (Å²) in [4.78, 5) is 27.1. The highest BCUT2D eigenvalue weighted by atomic mass is 32.2. The number of hydrogen-bond acceptors (Lipinski definition) is 9. The van der Waals surface area contributed by atoms with Crippen molar-refractivity contribution in [2.75, 3.05) is 48.5 Å². The minimum Gasteiger partial charge on any atom is -0.427 e. The number of ether oxygens (including phenoxy) is 1. The highest BCUT2D eigenvalue weighted by Gasteiger charge is 2.09. The minimum absolute atomic E-state index is 0.483. The van der Waals surface area contributed by atoms with Gasteiger partial charge in [0.25, 0.3) is 6.26 Å². The second kappa shape index (κ2) is 20.1. The summed E-state index contributed by atoms with van der Waals surface area (Å²) in [6, 6.07) is 0. The molecule has 0 aromatic heterocycles. The van der Waals surface area contributed by atoms with E-state index in [1.54, 1.807) is 18.4 Å². The highest BCUT2D eigenvalue weighted by molar-refractivity contribution is 8.05. The molecule has 9 heteroatoms. The minimum atomic E-state index is 0.483. The number of isocyanates is 2. The molecule has 0 radical (unpaired) electrons. The third-order valence-electron chi connectivity index (χ3n) is 2.66. The molecule has 0 bridgehead atoms. The van der Waals surface area contributed by atoms with Gasteiger partial charge in [0.2, 0.25) is 12.2 Å². The van der Waals surface area contributed by atoms with Crippen LogP contribution in [0.4, 0.5) is 0 Å². The zero-order chi connectivity index (χ0) is 17.7. The Morgan fingerprint density at radius 1 is 0.917 bits per heavy atom.